The summed E-state index contributed by atoms with van der Waals surface area (Å²) in [6.07, 6.45) is 6.60. The second-order valence-electron chi connectivity index (χ2n) is 5.80. The van der Waals surface area contributed by atoms with Crippen molar-refractivity contribution in [3.05, 3.63) is 84.1 Å². The van der Waals surface area contributed by atoms with Crippen LogP contribution in [-0.4, -0.2) is 32.3 Å². The lowest BCUT2D eigenvalue weighted by Crippen LogP contribution is -2.31. The first-order valence-electron chi connectivity index (χ1n) is 8.54. The van der Waals surface area contributed by atoms with Gasteiger partial charge in [0.2, 0.25) is 0 Å². The third-order valence-electron chi connectivity index (χ3n) is 3.98. The highest BCUT2D eigenvalue weighted by molar-refractivity contribution is 5.92. The molecule has 3 rings (SSSR count). The summed E-state index contributed by atoms with van der Waals surface area (Å²) in [6.45, 7) is 3.75. The quantitative estimate of drug-likeness (QED) is 0.711. The summed E-state index contributed by atoms with van der Waals surface area (Å²) >= 11 is 0. The van der Waals surface area contributed by atoms with Gasteiger partial charge >= 0.3 is 0 Å². The van der Waals surface area contributed by atoms with Crippen LogP contribution in [0.1, 0.15) is 28.5 Å². The van der Waals surface area contributed by atoms with Crippen LogP contribution in [0.4, 0.5) is 5.82 Å². The van der Waals surface area contributed by atoms with E-state index in [0.717, 1.165) is 11.1 Å². The molecule has 0 spiro atoms. The van der Waals surface area contributed by atoms with Gasteiger partial charge in [0.25, 0.3) is 5.91 Å². The van der Waals surface area contributed by atoms with E-state index in [4.69, 9.17) is 0 Å². The van der Waals surface area contributed by atoms with Gasteiger partial charge in [-0.3, -0.25) is 9.78 Å². The van der Waals surface area contributed by atoms with Crippen molar-refractivity contribution in [2.45, 2.75) is 20.0 Å². The Morgan fingerprint density at radius 2 is 1.77 bits per heavy atom. The highest BCUT2D eigenvalue weighted by Gasteiger charge is 2.16. The topological polar surface area (TPSA) is 71.0 Å². The zero-order valence-electron chi connectivity index (χ0n) is 14.7. The molecular formula is C20H21N5O. The molecule has 0 aliphatic rings. The Morgan fingerprint density at radius 1 is 1.00 bits per heavy atom. The Bertz CT molecular complexity index is 822. The number of pyridine rings is 1. The van der Waals surface area contributed by atoms with Crippen molar-refractivity contribution in [3.63, 3.8) is 0 Å². The Hall–Kier alpha value is -3.28. The van der Waals surface area contributed by atoms with E-state index in [9.17, 15) is 4.79 Å². The maximum absolute atomic E-state index is 12.7. The van der Waals surface area contributed by atoms with Gasteiger partial charge in [-0.1, -0.05) is 30.3 Å². The molecule has 1 aromatic carbocycles. The standard InChI is InChI=1S/C20H21N5O/c1-2-25(15-17-6-4-3-5-7-17)20(26)18-13-24-19(14-22-18)23-12-16-8-10-21-11-9-16/h3-11,13-14H,2,12,15H2,1H3,(H,23,24). The number of aromatic nitrogens is 3. The fraction of sp³-hybridized carbons (Fsp3) is 0.200. The van der Waals surface area contributed by atoms with Crippen LogP contribution in [-0.2, 0) is 13.1 Å². The van der Waals surface area contributed by atoms with E-state index in [1.165, 1.54) is 6.20 Å². The van der Waals surface area contributed by atoms with Crippen molar-refractivity contribution >= 4 is 11.7 Å². The first-order chi connectivity index (χ1) is 12.8. The van der Waals surface area contributed by atoms with Gasteiger partial charge in [-0.25, -0.2) is 9.97 Å². The second-order valence-corrected chi connectivity index (χ2v) is 5.80. The summed E-state index contributed by atoms with van der Waals surface area (Å²) < 4.78 is 0. The van der Waals surface area contributed by atoms with Crippen molar-refractivity contribution in [1.82, 2.24) is 19.9 Å². The fourth-order valence-corrected chi connectivity index (χ4v) is 2.52. The van der Waals surface area contributed by atoms with Gasteiger partial charge in [0.1, 0.15) is 11.5 Å². The van der Waals surface area contributed by atoms with Gasteiger partial charge in [0, 0.05) is 32.0 Å². The van der Waals surface area contributed by atoms with E-state index in [1.807, 2.05) is 49.4 Å². The first kappa shape index (κ1) is 17.5. The molecule has 0 fully saturated rings. The molecule has 26 heavy (non-hydrogen) atoms. The summed E-state index contributed by atoms with van der Waals surface area (Å²) in [5.41, 5.74) is 2.53. The van der Waals surface area contributed by atoms with E-state index >= 15 is 0 Å². The number of carbonyl (C=O) groups is 1. The number of amides is 1. The number of carbonyl (C=O) groups excluding carboxylic acids is 1. The predicted molar refractivity (Wildman–Crippen MR) is 100 cm³/mol. The van der Waals surface area contributed by atoms with Crippen molar-refractivity contribution in [2.24, 2.45) is 0 Å². The molecule has 0 unspecified atom stereocenters. The Kier molecular flexibility index (Phi) is 5.88. The van der Waals surface area contributed by atoms with Gasteiger partial charge in [0.15, 0.2) is 0 Å². The van der Waals surface area contributed by atoms with Crippen molar-refractivity contribution < 1.29 is 4.79 Å². The van der Waals surface area contributed by atoms with Crippen LogP contribution in [0.3, 0.4) is 0 Å². The third kappa shape index (κ3) is 4.63. The monoisotopic (exact) mass is 347 g/mol. The predicted octanol–water partition coefficient (Wildman–Crippen LogP) is 3.15. The lowest BCUT2D eigenvalue weighted by molar-refractivity contribution is 0.0746. The molecular weight excluding hydrogens is 326 g/mol. The van der Waals surface area contributed by atoms with Gasteiger partial charge in [-0.2, -0.15) is 0 Å². The molecule has 1 N–H and O–H groups in total. The number of hydrogen-bond acceptors (Lipinski definition) is 5. The number of nitrogens with one attached hydrogen (secondary N) is 1. The Labute approximate surface area is 153 Å². The number of hydrogen-bond donors (Lipinski definition) is 1. The minimum absolute atomic E-state index is 0.121. The van der Waals surface area contributed by atoms with Crippen molar-refractivity contribution in [3.8, 4) is 0 Å². The van der Waals surface area contributed by atoms with E-state index in [2.05, 4.69) is 20.3 Å². The molecule has 1 amide bonds. The minimum atomic E-state index is -0.121. The zero-order valence-corrected chi connectivity index (χ0v) is 14.7. The number of benzene rings is 1. The van der Waals surface area contributed by atoms with Gasteiger partial charge < -0.3 is 10.2 Å². The van der Waals surface area contributed by atoms with Crippen LogP contribution in [0.25, 0.3) is 0 Å². The van der Waals surface area contributed by atoms with Crippen LogP contribution in [0.15, 0.2) is 67.3 Å². The maximum atomic E-state index is 12.7. The SMILES string of the molecule is CCN(Cc1ccccc1)C(=O)c1cnc(NCc2ccncc2)cn1. The van der Waals surface area contributed by atoms with Crippen LogP contribution in [0.2, 0.25) is 0 Å². The molecule has 0 atom stereocenters. The average Bonchev–Trinajstić information content (AvgIpc) is 2.72. The highest BCUT2D eigenvalue weighted by atomic mass is 16.2. The van der Waals surface area contributed by atoms with E-state index in [1.54, 1.807) is 23.5 Å². The van der Waals surface area contributed by atoms with Crippen molar-refractivity contribution in [2.75, 3.05) is 11.9 Å². The average molecular weight is 347 g/mol. The Morgan fingerprint density at radius 3 is 2.42 bits per heavy atom. The summed E-state index contributed by atoms with van der Waals surface area (Å²) in [5, 5.41) is 3.18. The summed E-state index contributed by atoms with van der Waals surface area (Å²) in [4.78, 5) is 27.0. The van der Waals surface area contributed by atoms with Gasteiger partial charge in [0.05, 0.1) is 12.4 Å². The molecule has 0 bridgehead atoms. The molecule has 6 nitrogen and oxygen atoms in total. The number of nitrogens with zero attached hydrogens (tertiary/aromatic N) is 4. The lowest BCUT2D eigenvalue weighted by Gasteiger charge is -2.20. The second kappa shape index (κ2) is 8.71. The first-order valence-corrected chi connectivity index (χ1v) is 8.54. The van der Waals surface area contributed by atoms with Gasteiger partial charge in [-0.05, 0) is 30.2 Å². The van der Waals surface area contributed by atoms with E-state index in [0.29, 0.717) is 31.1 Å². The molecule has 2 aromatic heterocycles. The van der Waals surface area contributed by atoms with Crippen LogP contribution >= 0.6 is 0 Å². The number of rotatable bonds is 7. The molecule has 0 saturated carbocycles. The largest absolute Gasteiger partial charge is 0.365 e. The zero-order chi connectivity index (χ0) is 18.2. The van der Waals surface area contributed by atoms with Crippen LogP contribution in [0.5, 0.6) is 0 Å². The normalized spacial score (nSPS) is 10.3. The smallest absolute Gasteiger partial charge is 0.274 e. The molecule has 3 aromatic rings. The molecule has 0 aliphatic carbocycles. The highest BCUT2D eigenvalue weighted by Crippen LogP contribution is 2.10. The summed E-state index contributed by atoms with van der Waals surface area (Å²) in [7, 11) is 0. The molecule has 132 valence electrons. The van der Waals surface area contributed by atoms with E-state index < -0.39 is 0 Å². The van der Waals surface area contributed by atoms with Crippen LogP contribution < -0.4 is 5.32 Å². The van der Waals surface area contributed by atoms with Gasteiger partial charge in [-0.15, -0.1) is 0 Å². The summed E-state index contributed by atoms with van der Waals surface area (Å²) in [5.74, 6) is 0.508. The Balaban J connectivity index is 1.62. The maximum Gasteiger partial charge on any atom is 0.274 e. The lowest BCUT2D eigenvalue weighted by atomic mass is 10.2. The third-order valence-corrected chi connectivity index (χ3v) is 3.98. The molecule has 0 radical (unpaired) electrons. The molecule has 0 saturated heterocycles. The fourth-order valence-electron chi connectivity index (χ4n) is 2.52. The van der Waals surface area contributed by atoms with Crippen molar-refractivity contribution in [1.29, 1.82) is 0 Å². The molecule has 2 heterocycles. The minimum Gasteiger partial charge on any atom is -0.365 e. The molecule has 6 heteroatoms. The van der Waals surface area contributed by atoms with Crippen LogP contribution in [0, 0.1) is 0 Å². The van der Waals surface area contributed by atoms with E-state index in [-0.39, 0.29) is 5.91 Å². The molecule has 0 aliphatic heterocycles. The number of anilines is 1. The summed E-state index contributed by atoms with van der Waals surface area (Å²) in [6, 6.07) is 13.8.